The van der Waals surface area contributed by atoms with Gasteiger partial charge in [0, 0.05) is 12.2 Å². The minimum atomic E-state index is -0.905. The molecule has 0 aliphatic carbocycles. The van der Waals surface area contributed by atoms with Crippen LogP contribution in [0.4, 0.5) is 10.5 Å². The van der Waals surface area contributed by atoms with Crippen molar-refractivity contribution < 1.29 is 14.6 Å². The van der Waals surface area contributed by atoms with Crippen molar-refractivity contribution in [1.82, 2.24) is 4.90 Å². The van der Waals surface area contributed by atoms with Crippen LogP contribution in [-0.2, 0) is 10.3 Å². The van der Waals surface area contributed by atoms with Crippen LogP contribution in [0.15, 0.2) is 24.3 Å². The van der Waals surface area contributed by atoms with Crippen molar-refractivity contribution in [1.29, 1.82) is 0 Å². The average molecular weight is 278 g/mol. The molecule has 1 aromatic rings. The van der Waals surface area contributed by atoms with E-state index in [1.807, 2.05) is 24.3 Å². The van der Waals surface area contributed by atoms with Crippen LogP contribution >= 0.6 is 0 Å². The minimum absolute atomic E-state index is 0.239. The number of rotatable bonds is 1. The lowest BCUT2D eigenvalue weighted by Crippen LogP contribution is -2.57. The molecule has 1 fully saturated rings. The van der Waals surface area contributed by atoms with Crippen LogP contribution in [0.3, 0.4) is 0 Å². The fourth-order valence-electron chi connectivity index (χ4n) is 2.70. The van der Waals surface area contributed by atoms with E-state index in [0.717, 1.165) is 5.56 Å². The average Bonchev–Trinajstić information content (AvgIpc) is 2.38. The highest BCUT2D eigenvalue weighted by Gasteiger charge is 2.48. The predicted octanol–water partition coefficient (Wildman–Crippen LogP) is 2.52. The first-order valence-electron chi connectivity index (χ1n) is 6.74. The normalized spacial score (nSPS) is 23.6. The van der Waals surface area contributed by atoms with Gasteiger partial charge in [-0.15, -0.1) is 0 Å². The number of hydrogen-bond donors (Lipinski definition) is 2. The summed E-state index contributed by atoms with van der Waals surface area (Å²) in [6.07, 6.45) is -0.905. The van der Waals surface area contributed by atoms with E-state index in [0.29, 0.717) is 25.4 Å². The van der Waals surface area contributed by atoms with Crippen molar-refractivity contribution in [3.8, 4) is 0 Å². The standard InChI is InChI=1S/C15H22N2O3/c1-14(2,3)15(11-4-6-12(16)7-5-11)10-17(13(18)19)8-9-20-15/h4-7H,8-10,16H2,1-3H3,(H,18,19)/t15-/m1/s1. The van der Waals surface area contributed by atoms with Crippen molar-refractivity contribution >= 4 is 11.8 Å². The lowest BCUT2D eigenvalue weighted by molar-refractivity contribution is -0.166. The molecule has 1 amide bonds. The number of amides is 1. The molecule has 110 valence electrons. The van der Waals surface area contributed by atoms with Gasteiger partial charge in [-0.2, -0.15) is 0 Å². The summed E-state index contributed by atoms with van der Waals surface area (Å²) in [6, 6.07) is 7.50. The van der Waals surface area contributed by atoms with Gasteiger partial charge in [-0.05, 0) is 23.1 Å². The molecular formula is C15H22N2O3. The molecule has 5 heteroatoms. The topological polar surface area (TPSA) is 75.8 Å². The molecule has 1 aliphatic heterocycles. The maximum Gasteiger partial charge on any atom is 0.407 e. The number of nitrogens with two attached hydrogens (primary N) is 1. The van der Waals surface area contributed by atoms with Crippen LogP contribution in [0.25, 0.3) is 0 Å². The highest BCUT2D eigenvalue weighted by Crippen LogP contribution is 2.45. The lowest BCUT2D eigenvalue weighted by Gasteiger charge is -2.50. The summed E-state index contributed by atoms with van der Waals surface area (Å²) in [6.45, 7) is 7.32. The molecule has 1 saturated heterocycles. The molecule has 2 rings (SSSR count). The Hall–Kier alpha value is -1.75. The number of nitrogens with zero attached hydrogens (tertiary/aromatic N) is 1. The molecule has 0 spiro atoms. The second kappa shape index (κ2) is 4.98. The third-order valence-electron chi connectivity index (χ3n) is 3.98. The Labute approximate surface area is 119 Å². The SMILES string of the molecule is CC(C)(C)[C@]1(c2ccc(N)cc2)CN(C(=O)O)CCO1. The quantitative estimate of drug-likeness (QED) is 0.774. The molecule has 0 unspecified atom stereocenters. The molecule has 5 nitrogen and oxygen atoms in total. The number of morpholine rings is 1. The second-order valence-corrected chi connectivity index (χ2v) is 6.25. The fraction of sp³-hybridized carbons (Fsp3) is 0.533. The fourth-order valence-corrected chi connectivity index (χ4v) is 2.70. The number of carboxylic acid groups (broad SMARTS) is 1. The summed E-state index contributed by atoms with van der Waals surface area (Å²) in [5.41, 5.74) is 6.49. The van der Waals surface area contributed by atoms with Gasteiger partial charge in [0.05, 0.1) is 13.2 Å². The molecule has 3 N–H and O–H groups in total. The highest BCUT2D eigenvalue weighted by molar-refractivity contribution is 5.65. The largest absolute Gasteiger partial charge is 0.465 e. The Balaban J connectivity index is 2.46. The molecule has 20 heavy (non-hydrogen) atoms. The Morgan fingerprint density at radius 1 is 1.35 bits per heavy atom. The number of ether oxygens (including phenoxy) is 1. The van der Waals surface area contributed by atoms with Gasteiger partial charge in [0.15, 0.2) is 0 Å². The van der Waals surface area contributed by atoms with Crippen molar-refractivity contribution in [3.05, 3.63) is 29.8 Å². The van der Waals surface area contributed by atoms with E-state index >= 15 is 0 Å². The van der Waals surface area contributed by atoms with E-state index in [1.54, 1.807) is 0 Å². The molecule has 0 saturated carbocycles. The summed E-state index contributed by atoms with van der Waals surface area (Å²) in [7, 11) is 0. The van der Waals surface area contributed by atoms with Crippen LogP contribution in [-0.4, -0.2) is 35.8 Å². The molecule has 1 aliphatic rings. The van der Waals surface area contributed by atoms with Gasteiger partial charge in [0.25, 0.3) is 0 Å². The van der Waals surface area contributed by atoms with Crippen LogP contribution in [0.2, 0.25) is 0 Å². The van der Waals surface area contributed by atoms with Crippen molar-refractivity contribution in [2.75, 3.05) is 25.4 Å². The van der Waals surface area contributed by atoms with Crippen LogP contribution < -0.4 is 5.73 Å². The first kappa shape index (κ1) is 14.7. The highest BCUT2D eigenvalue weighted by atomic mass is 16.5. The van der Waals surface area contributed by atoms with Gasteiger partial charge in [-0.25, -0.2) is 4.79 Å². The number of carbonyl (C=O) groups is 1. The Morgan fingerprint density at radius 2 is 1.95 bits per heavy atom. The first-order chi connectivity index (χ1) is 9.26. The van der Waals surface area contributed by atoms with Crippen LogP contribution in [0.1, 0.15) is 26.3 Å². The number of nitrogen functional groups attached to an aromatic ring is 1. The molecule has 1 heterocycles. The zero-order chi connectivity index (χ0) is 15.0. The summed E-state index contributed by atoms with van der Waals surface area (Å²) in [5, 5.41) is 9.28. The monoisotopic (exact) mass is 278 g/mol. The van der Waals surface area contributed by atoms with Gasteiger partial charge in [-0.1, -0.05) is 32.9 Å². The van der Waals surface area contributed by atoms with Crippen LogP contribution in [0.5, 0.6) is 0 Å². The van der Waals surface area contributed by atoms with Gasteiger partial charge in [0.1, 0.15) is 5.60 Å². The van der Waals surface area contributed by atoms with E-state index in [9.17, 15) is 9.90 Å². The zero-order valence-corrected chi connectivity index (χ0v) is 12.2. The molecular weight excluding hydrogens is 256 g/mol. The Kier molecular flexibility index (Phi) is 3.65. The number of anilines is 1. The molecule has 0 bridgehead atoms. The number of benzene rings is 1. The van der Waals surface area contributed by atoms with Gasteiger partial charge >= 0.3 is 6.09 Å². The maximum atomic E-state index is 11.3. The summed E-state index contributed by atoms with van der Waals surface area (Å²) in [4.78, 5) is 12.7. The summed E-state index contributed by atoms with van der Waals surface area (Å²) >= 11 is 0. The molecule has 1 atom stereocenters. The third-order valence-corrected chi connectivity index (χ3v) is 3.98. The maximum absolute atomic E-state index is 11.3. The van der Waals surface area contributed by atoms with Crippen molar-refractivity contribution in [3.63, 3.8) is 0 Å². The van der Waals surface area contributed by atoms with E-state index in [2.05, 4.69) is 20.8 Å². The van der Waals surface area contributed by atoms with E-state index in [4.69, 9.17) is 10.5 Å². The Morgan fingerprint density at radius 3 is 2.45 bits per heavy atom. The smallest absolute Gasteiger partial charge is 0.407 e. The molecule has 0 aromatic heterocycles. The lowest BCUT2D eigenvalue weighted by atomic mass is 9.71. The summed E-state index contributed by atoms with van der Waals surface area (Å²) in [5.74, 6) is 0. The van der Waals surface area contributed by atoms with E-state index in [-0.39, 0.29) is 5.41 Å². The number of hydrogen-bond acceptors (Lipinski definition) is 3. The van der Waals surface area contributed by atoms with Crippen LogP contribution in [0, 0.1) is 5.41 Å². The van der Waals surface area contributed by atoms with Gasteiger partial charge in [-0.3, -0.25) is 0 Å². The first-order valence-corrected chi connectivity index (χ1v) is 6.74. The zero-order valence-electron chi connectivity index (χ0n) is 12.2. The van der Waals surface area contributed by atoms with Gasteiger partial charge < -0.3 is 20.5 Å². The van der Waals surface area contributed by atoms with E-state index in [1.165, 1.54) is 4.90 Å². The predicted molar refractivity (Wildman–Crippen MR) is 77.5 cm³/mol. The second-order valence-electron chi connectivity index (χ2n) is 6.25. The minimum Gasteiger partial charge on any atom is -0.465 e. The van der Waals surface area contributed by atoms with E-state index < -0.39 is 11.7 Å². The third kappa shape index (κ3) is 2.45. The van der Waals surface area contributed by atoms with Crippen molar-refractivity contribution in [2.45, 2.75) is 26.4 Å². The Bertz CT molecular complexity index is 493. The van der Waals surface area contributed by atoms with Gasteiger partial charge in [0.2, 0.25) is 0 Å². The molecule has 0 radical (unpaired) electrons. The van der Waals surface area contributed by atoms with Crippen molar-refractivity contribution in [2.24, 2.45) is 5.41 Å². The summed E-state index contributed by atoms with van der Waals surface area (Å²) < 4.78 is 6.09. The molecule has 1 aromatic carbocycles.